The summed E-state index contributed by atoms with van der Waals surface area (Å²) >= 11 is 1.72. The van der Waals surface area contributed by atoms with E-state index in [0.29, 0.717) is 19.4 Å². The monoisotopic (exact) mass is 343 g/mol. The predicted molar refractivity (Wildman–Crippen MR) is 86.4 cm³/mol. The van der Waals surface area contributed by atoms with Gasteiger partial charge in [-0.05, 0) is 38.3 Å². The highest BCUT2D eigenvalue weighted by atomic mass is 32.1. The molecule has 2 rings (SSSR count). The number of rotatable bonds is 6. The number of thiophene rings is 1. The Morgan fingerprint density at radius 2 is 2.13 bits per heavy atom. The van der Waals surface area contributed by atoms with E-state index in [2.05, 4.69) is 17.4 Å². The van der Waals surface area contributed by atoms with Gasteiger partial charge in [-0.25, -0.2) is 0 Å². The van der Waals surface area contributed by atoms with Crippen LogP contribution in [0.3, 0.4) is 0 Å². The van der Waals surface area contributed by atoms with Gasteiger partial charge in [-0.3, -0.25) is 4.79 Å². The van der Waals surface area contributed by atoms with Crippen LogP contribution in [0.2, 0.25) is 0 Å². The molecule has 0 fully saturated rings. The first-order valence-corrected chi connectivity index (χ1v) is 8.42. The molecule has 0 aliphatic heterocycles. The van der Waals surface area contributed by atoms with Crippen LogP contribution in [0.5, 0.6) is 0 Å². The van der Waals surface area contributed by atoms with Gasteiger partial charge in [0.25, 0.3) is 0 Å². The second-order valence-corrected chi connectivity index (χ2v) is 7.01. The van der Waals surface area contributed by atoms with Crippen molar-refractivity contribution in [3.8, 4) is 0 Å². The van der Waals surface area contributed by atoms with Crippen molar-refractivity contribution in [1.29, 1.82) is 0 Å². The van der Waals surface area contributed by atoms with Crippen LogP contribution in [0.1, 0.15) is 29.0 Å². The van der Waals surface area contributed by atoms with Crippen LogP contribution < -0.4 is 5.32 Å². The summed E-state index contributed by atoms with van der Waals surface area (Å²) < 4.78 is 37.6. The molecule has 2 nitrogen and oxygen atoms in total. The quantitative estimate of drug-likeness (QED) is 0.806. The minimum absolute atomic E-state index is 0.0331. The van der Waals surface area contributed by atoms with Gasteiger partial charge in [-0.15, -0.1) is 11.3 Å². The Labute approximate surface area is 138 Å². The van der Waals surface area contributed by atoms with Crippen molar-refractivity contribution in [3.63, 3.8) is 0 Å². The maximum Gasteiger partial charge on any atom is 0.395 e. The summed E-state index contributed by atoms with van der Waals surface area (Å²) in [7, 11) is 0. The summed E-state index contributed by atoms with van der Waals surface area (Å²) in [6.45, 7) is 2.63. The molecule has 1 aliphatic carbocycles. The third kappa shape index (κ3) is 5.86. The van der Waals surface area contributed by atoms with E-state index in [1.165, 1.54) is 21.9 Å². The second-order valence-electron chi connectivity index (χ2n) is 5.63. The van der Waals surface area contributed by atoms with E-state index in [4.69, 9.17) is 0 Å². The molecule has 0 spiro atoms. The minimum Gasteiger partial charge on any atom is -0.356 e. The Morgan fingerprint density at radius 3 is 2.70 bits per heavy atom. The average molecular weight is 343 g/mol. The minimum atomic E-state index is -4.18. The Balaban J connectivity index is 1.65. The fourth-order valence-corrected chi connectivity index (χ4v) is 3.27. The Morgan fingerprint density at radius 1 is 1.35 bits per heavy atom. The standard InChI is InChI=1S/C17H20F3NOS/c1-12-2-8-15(23-12)10-11-21-16(22)9-5-13-3-6-14(7-4-13)17(18,19)20/h2-4,6,8,14H,5,7,9-11H2,1H3,(H,21,22). The summed E-state index contributed by atoms with van der Waals surface area (Å²) in [4.78, 5) is 14.3. The van der Waals surface area contributed by atoms with Gasteiger partial charge in [0.15, 0.2) is 0 Å². The number of hydrogen-bond acceptors (Lipinski definition) is 2. The van der Waals surface area contributed by atoms with Crippen molar-refractivity contribution in [2.24, 2.45) is 5.92 Å². The molecule has 1 aromatic heterocycles. The molecule has 1 aromatic rings. The Bertz CT molecular complexity index is 601. The molecule has 0 radical (unpaired) electrons. The smallest absolute Gasteiger partial charge is 0.356 e. The van der Waals surface area contributed by atoms with Gasteiger partial charge in [0.2, 0.25) is 5.91 Å². The van der Waals surface area contributed by atoms with E-state index in [0.717, 1.165) is 12.0 Å². The lowest BCUT2D eigenvalue weighted by Gasteiger charge is -2.19. The lowest BCUT2D eigenvalue weighted by Crippen LogP contribution is -2.25. The summed E-state index contributed by atoms with van der Waals surface area (Å²) in [5.41, 5.74) is 0.800. The maximum atomic E-state index is 12.5. The van der Waals surface area contributed by atoms with Gasteiger partial charge in [0, 0.05) is 22.7 Å². The van der Waals surface area contributed by atoms with Crippen molar-refractivity contribution in [1.82, 2.24) is 5.32 Å². The number of alkyl halides is 3. The number of hydrogen-bond donors (Lipinski definition) is 1. The highest BCUT2D eigenvalue weighted by Crippen LogP contribution is 2.33. The van der Waals surface area contributed by atoms with E-state index < -0.39 is 12.1 Å². The van der Waals surface area contributed by atoms with E-state index >= 15 is 0 Å². The highest BCUT2D eigenvalue weighted by Gasteiger charge is 2.37. The summed E-state index contributed by atoms with van der Waals surface area (Å²) in [5.74, 6) is -1.46. The van der Waals surface area contributed by atoms with Crippen LogP contribution in [-0.4, -0.2) is 18.6 Å². The summed E-state index contributed by atoms with van der Waals surface area (Å²) in [5, 5.41) is 2.85. The molecular formula is C17H20F3NOS. The predicted octanol–water partition coefficient (Wildman–Crippen LogP) is 4.56. The number of carbonyl (C=O) groups is 1. The molecule has 1 atom stereocenters. The van der Waals surface area contributed by atoms with Gasteiger partial charge in [0.05, 0.1) is 5.92 Å². The first kappa shape index (κ1) is 17.8. The van der Waals surface area contributed by atoms with Gasteiger partial charge in [-0.1, -0.05) is 23.8 Å². The zero-order valence-corrected chi connectivity index (χ0v) is 13.8. The first-order valence-electron chi connectivity index (χ1n) is 7.60. The van der Waals surface area contributed by atoms with Gasteiger partial charge < -0.3 is 5.32 Å². The Kier molecular flexibility index (Phi) is 6.04. The van der Waals surface area contributed by atoms with Crippen LogP contribution in [0.15, 0.2) is 35.9 Å². The molecule has 6 heteroatoms. The molecule has 23 heavy (non-hydrogen) atoms. The number of carbonyl (C=O) groups excluding carboxylic acids is 1. The summed E-state index contributed by atoms with van der Waals surface area (Å²) in [6.07, 6.45) is 1.63. The lowest BCUT2D eigenvalue weighted by molar-refractivity contribution is -0.160. The first-order chi connectivity index (χ1) is 10.8. The molecular weight excluding hydrogens is 323 g/mol. The molecule has 0 saturated heterocycles. The molecule has 0 aromatic carbocycles. The van der Waals surface area contributed by atoms with Crippen LogP contribution in [0.4, 0.5) is 13.2 Å². The Hall–Kier alpha value is -1.56. The number of aryl methyl sites for hydroxylation is 1. The van der Waals surface area contributed by atoms with Crippen molar-refractivity contribution < 1.29 is 18.0 Å². The fourth-order valence-electron chi connectivity index (χ4n) is 2.38. The molecule has 1 aliphatic rings. The second kappa shape index (κ2) is 7.81. The van der Waals surface area contributed by atoms with Crippen LogP contribution in [-0.2, 0) is 11.2 Å². The molecule has 1 unspecified atom stereocenters. The molecule has 0 bridgehead atoms. The number of amides is 1. The van der Waals surface area contributed by atoms with Crippen molar-refractivity contribution in [2.45, 2.75) is 38.8 Å². The zero-order chi connectivity index (χ0) is 16.9. The molecule has 126 valence electrons. The van der Waals surface area contributed by atoms with E-state index in [1.54, 1.807) is 17.4 Å². The van der Waals surface area contributed by atoms with Gasteiger partial charge in [-0.2, -0.15) is 13.2 Å². The number of halogens is 3. The number of nitrogens with one attached hydrogen (secondary N) is 1. The molecule has 1 amide bonds. The number of allylic oxidation sites excluding steroid dienone is 4. The van der Waals surface area contributed by atoms with E-state index in [-0.39, 0.29) is 12.3 Å². The molecule has 1 heterocycles. The third-order valence-electron chi connectivity index (χ3n) is 3.73. The maximum absolute atomic E-state index is 12.5. The molecule has 0 saturated carbocycles. The SMILES string of the molecule is Cc1ccc(CCNC(=O)CCC2=CCC(C(F)(F)F)C=C2)s1. The topological polar surface area (TPSA) is 29.1 Å². The lowest BCUT2D eigenvalue weighted by atomic mass is 9.94. The largest absolute Gasteiger partial charge is 0.395 e. The highest BCUT2D eigenvalue weighted by molar-refractivity contribution is 7.11. The van der Waals surface area contributed by atoms with Crippen LogP contribution >= 0.6 is 11.3 Å². The average Bonchev–Trinajstić information content (AvgIpc) is 2.90. The van der Waals surface area contributed by atoms with E-state index in [9.17, 15) is 18.0 Å². The van der Waals surface area contributed by atoms with E-state index in [1.807, 2.05) is 6.92 Å². The normalized spacial score (nSPS) is 17.9. The zero-order valence-electron chi connectivity index (χ0n) is 13.0. The van der Waals surface area contributed by atoms with Crippen LogP contribution in [0, 0.1) is 12.8 Å². The van der Waals surface area contributed by atoms with Gasteiger partial charge >= 0.3 is 6.18 Å². The van der Waals surface area contributed by atoms with Gasteiger partial charge in [0.1, 0.15) is 0 Å². The fraction of sp³-hybridized carbons (Fsp3) is 0.471. The van der Waals surface area contributed by atoms with Crippen LogP contribution in [0.25, 0.3) is 0 Å². The summed E-state index contributed by atoms with van der Waals surface area (Å²) in [6, 6.07) is 4.11. The third-order valence-corrected chi connectivity index (χ3v) is 4.79. The van der Waals surface area contributed by atoms with Crippen molar-refractivity contribution in [2.75, 3.05) is 6.54 Å². The van der Waals surface area contributed by atoms with Crippen molar-refractivity contribution >= 4 is 17.2 Å². The van der Waals surface area contributed by atoms with Crippen molar-refractivity contribution in [3.05, 3.63) is 45.7 Å². The molecule has 1 N–H and O–H groups in total.